The van der Waals surface area contributed by atoms with E-state index in [0.717, 1.165) is 24.3 Å². The smallest absolute Gasteiger partial charge is 0.145 e. The van der Waals surface area contributed by atoms with Crippen LogP contribution in [0.1, 0.15) is 25.7 Å². The summed E-state index contributed by atoms with van der Waals surface area (Å²) in [7, 11) is 4.34. The fraction of sp³-hybridized carbons (Fsp3) is 0.923. The first-order valence-electron chi connectivity index (χ1n) is 6.51. The molecule has 0 saturated heterocycles. The van der Waals surface area contributed by atoms with E-state index in [1.165, 1.54) is 30.6 Å². The number of hydrogen-bond donors (Lipinski definition) is 1. The van der Waals surface area contributed by atoms with Gasteiger partial charge in [-0.2, -0.15) is 0 Å². The first kappa shape index (κ1) is 9.83. The van der Waals surface area contributed by atoms with Gasteiger partial charge in [0.05, 0.1) is 26.6 Å². The molecule has 2 nitrogen and oxygen atoms in total. The zero-order chi connectivity index (χ0) is 10.6. The molecule has 3 rings (SSSR count). The summed E-state index contributed by atoms with van der Waals surface area (Å²) in [6, 6.07) is 0. The van der Waals surface area contributed by atoms with Gasteiger partial charge in [0.15, 0.2) is 0 Å². The Hall–Kier alpha value is -0.370. The first-order chi connectivity index (χ1) is 7.18. The van der Waals surface area contributed by atoms with Crippen molar-refractivity contribution in [2.45, 2.75) is 25.7 Å². The molecule has 3 fully saturated rings. The molecule has 0 unspecified atom stereocenters. The zero-order valence-electron chi connectivity index (χ0n) is 9.83. The number of Topliss-reactive ketones (excluding diaryl/α,β-unsaturated/α-hetero) is 1. The van der Waals surface area contributed by atoms with Gasteiger partial charge in [-0.25, -0.2) is 0 Å². The van der Waals surface area contributed by atoms with Crippen molar-refractivity contribution in [2.75, 3.05) is 20.6 Å². The summed E-state index contributed by atoms with van der Waals surface area (Å²) < 4.78 is 0. The number of rotatable bonds is 2. The topological polar surface area (TPSA) is 21.5 Å². The quantitative estimate of drug-likeness (QED) is 0.696. The lowest BCUT2D eigenvalue weighted by Crippen LogP contribution is -3.06. The molecule has 15 heavy (non-hydrogen) atoms. The summed E-state index contributed by atoms with van der Waals surface area (Å²) in [6.07, 6.45) is 5.39. The standard InChI is InChI=1S/C13H21NO/c1-14(2)7-12-10-6-11(13(12)15)9-5-3-4-8(9)10/h8-12H,3-7H2,1-2H3/p+1/t8-,9+,10+,11-,12-/m1/s1. The molecule has 0 aliphatic heterocycles. The van der Waals surface area contributed by atoms with E-state index in [1.807, 2.05) is 0 Å². The molecule has 2 heteroatoms. The van der Waals surface area contributed by atoms with Crippen molar-refractivity contribution in [1.82, 2.24) is 0 Å². The number of fused-ring (bicyclic) bond motifs is 5. The Morgan fingerprint density at radius 2 is 1.93 bits per heavy atom. The monoisotopic (exact) mass is 208 g/mol. The van der Waals surface area contributed by atoms with Crippen molar-refractivity contribution in [3.63, 3.8) is 0 Å². The van der Waals surface area contributed by atoms with Crippen molar-refractivity contribution in [3.05, 3.63) is 0 Å². The SMILES string of the molecule is C[NH+](C)C[C@H]1C(=O)[C@@H]2C[C@H]1[C@@H]1CCC[C@@H]12. The Morgan fingerprint density at radius 1 is 1.20 bits per heavy atom. The van der Waals surface area contributed by atoms with E-state index in [0.29, 0.717) is 17.6 Å². The molecule has 0 amide bonds. The molecule has 0 aromatic heterocycles. The Kier molecular flexibility index (Phi) is 2.17. The second kappa shape index (κ2) is 3.31. The molecule has 0 spiro atoms. The first-order valence-corrected chi connectivity index (χ1v) is 6.51. The molecule has 3 aliphatic rings. The lowest BCUT2D eigenvalue weighted by atomic mass is 9.75. The van der Waals surface area contributed by atoms with Crippen LogP contribution in [0.5, 0.6) is 0 Å². The molecule has 3 aliphatic carbocycles. The van der Waals surface area contributed by atoms with Gasteiger partial charge < -0.3 is 4.90 Å². The molecule has 1 N–H and O–H groups in total. The summed E-state index contributed by atoms with van der Waals surface area (Å²) >= 11 is 0. The fourth-order valence-electron chi connectivity index (χ4n) is 4.66. The van der Waals surface area contributed by atoms with Crippen LogP contribution in [0.2, 0.25) is 0 Å². The maximum Gasteiger partial charge on any atom is 0.145 e. The highest BCUT2D eigenvalue weighted by atomic mass is 16.1. The van der Waals surface area contributed by atoms with E-state index in [4.69, 9.17) is 0 Å². The van der Waals surface area contributed by atoms with Gasteiger partial charge in [-0.1, -0.05) is 6.42 Å². The predicted molar refractivity (Wildman–Crippen MR) is 58.6 cm³/mol. The molecular weight excluding hydrogens is 186 g/mol. The lowest BCUT2D eigenvalue weighted by molar-refractivity contribution is -0.861. The van der Waals surface area contributed by atoms with Crippen molar-refractivity contribution >= 4 is 5.78 Å². The Morgan fingerprint density at radius 3 is 2.67 bits per heavy atom. The van der Waals surface area contributed by atoms with Gasteiger partial charge in [-0.15, -0.1) is 0 Å². The molecule has 84 valence electrons. The number of hydrogen-bond acceptors (Lipinski definition) is 1. The van der Waals surface area contributed by atoms with E-state index < -0.39 is 0 Å². The van der Waals surface area contributed by atoms with Crippen LogP contribution in [0, 0.1) is 29.6 Å². The van der Waals surface area contributed by atoms with Gasteiger partial charge >= 0.3 is 0 Å². The Balaban J connectivity index is 1.81. The van der Waals surface area contributed by atoms with Crippen LogP contribution in [-0.2, 0) is 4.79 Å². The second-order valence-electron chi connectivity index (χ2n) is 6.18. The van der Waals surface area contributed by atoms with Gasteiger partial charge in [-0.3, -0.25) is 4.79 Å². The van der Waals surface area contributed by atoms with E-state index in [-0.39, 0.29) is 0 Å². The number of quaternary nitrogens is 1. The second-order valence-corrected chi connectivity index (χ2v) is 6.18. The van der Waals surface area contributed by atoms with Crippen LogP contribution >= 0.6 is 0 Å². The van der Waals surface area contributed by atoms with Crippen LogP contribution in [0.25, 0.3) is 0 Å². The predicted octanol–water partition coefficient (Wildman–Crippen LogP) is 0.382. The highest BCUT2D eigenvalue weighted by Crippen LogP contribution is 2.58. The minimum Gasteiger partial charge on any atom is -0.339 e. The van der Waals surface area contributed by atoms with Crippen LogP contribution < -0.4 is 4.90 Å². The lowest BCUT2D eigenvalue weighted by Gasteiger charge is -2.30. The molecule has 5 atom stereocenters. The van der Waals surface area contributed by atoms with Gasteiger partial charge in [0, 0.05) is 5.92 Å². The maximum absolute atomic E-state index is 12.2. The highest BCUT2D eigenvalue weighted by molar-refractivity contribution is 5.87. The molecule has 2 bridgehead atoms. The maximum atomic E-state index is 12.2. The van der Waals surface area contributed by atoms with Crippen LogP contribution in [0.15, 0.2) is 0 Å². The number of carbonyl (C=O) groups excluding carboxylic acids is 1. The molecule has 0 radical (unpaired) electrons. The van der Waals surface area contributed by atoms with E-state index >= 15 is 0 Å². The van der Waals surface area contributed by atoms with Crippen LogP contribution in [-0.4, -0.2) is 26.4 Å². The minimum absolute atomic E-state index is 0.416. The third-order valence-corrected chi connectivity index (χ3v) is 5.09. The molecule has 3 saturated carbocycles. The highest BCUT2D eigenvalue weighted by Gasteiger charge is 2.59. The molecule has 0 aromatic rings. The van der Waals surface area contributed by atoms with Crippen molar-refractivity contribution in [1.29, 1.82) is 0 Å². The van der Waals surface area contributed by atoms with Crippen molar-refractivity contribution in [3.8, 4) is 0 Å². The van der Waals surface area contributed by atoms with Gasteiger partial charge in [0.25, 0.3) is 0 Å². The third kappa shape index (κ3) is 1.30. The van der Waals surface area contributed by atoms with Gasteiger partial charge in [-0.05, 0) is 37.0 Å². The summed E-state index contributed by atoms with van der Waals surface area (Å²) in [5.74, 6) is 4.02. The van der Waals surface area contributed by atoms with E-state index in [1.54, 1.807) is 0 Å². The summed E-state index contributed by atoms with van der Waals surface area (Å²) in [6.45, 7) is 1.07. The number of nitrogens with one attached hydrogen (secondary N) is 1. The average molecular weight is 208 g/mol. The number of ketones is 1. The third-order valence-electron chi connectivity index (χ3n) is 5.09. The Bertz CT molecular complexity index is 286. The molecule has 0 heterocycles. The van der Waals surface area contributed by atoms with Crippen LogP contribution in [0.4, 0.5) is 0 Å². The largest absolute Gasteiger partial charge is 0.339 e. The summed E-state index contributed by atoms with van der Waals surface area (Å²) in [4.78, 5) is 13.7. The molecular formula is C13H22NO+. The normalized spacial score (nSPS) is 47.9. The van der Waals surface area contributed by atoms with Gasteiger partial charge in [0.1, 0.15) is 5.78 Å². The summed E-state index contributed by atoms with van der Waals surface area (Å²) in [5, 5.41) is 0. The van der Waals surface area contributed by atoms with Crippen molar-refractivity contribution in [2.24, 2.45) is 29.6 Å². The zero-order valence-corrected chi connectivity index (χ0v) is 9.83. The molecule has 0 aromatic carbocycles. The fourth-order valence-corrected chi connectivity index (χ4v) is 4.66. The summed E-state index contributed by atoms with van der Waals surface area (Å²) in [5.41, 5.74) is 0. The minimum atomic E-state index is 0.416. The van der Waals surface area contributed by atoms with E-state index in [2.05, 4.69) is 14.1 Å². The van der Waals surface area contributed by atoms with Crippen LogP contribution in [0.3, 0.4) is 0 Å². The average Bonchev–Trinajstić information content (AvgIpc) is 2.77. The Labute approximate surface area is 92.0 Å². The van der Waals surface area contributed by atoms with Crippen molar-refractivity contribution < 1.29 is 9.69 Å². The van der Waals surface area contributed by atoms with Gasteiger partial charge in [0.2, 0.25) is 0 Å². The van der Waals surface area contributed by atoms with E-state index in [9.17, 15) is 4.79 Å². The number of carbonyl (C=O) groups is 1.